The van der Waals surface area contributed by atoms with Gasteiger partial charge in [-0.1, -0.05) is 18.2 Å². The zero-order chi connectivity index (χ0) is 14.3. The predicted molar refractivity (Wildman–Crippen MR) is 70.7 cm³/mol. The van der Waals surface area contributed by atoms with E-state index in [9.17, 15) is 9.59 Å². The SMILES string of the molecule is CCOc1ccccc1CCC(=O)O[C@H](C)C(N)=O. The number of benzene rings is 1. The molecule has 0 bridgehead atoms. The van der Waals surface area contributed by atoms with Crippen molar-refractivity contribution in [2.45, 2.75) is 32.8 Å². The second-order valence-corrected chi connectivity index (χ2v) is 4.08. The van der Waals surface area contributed by atoms with E-state index in [4.69, 9.17) is 15.2 Å². The highest BCUT2D eigenvalue weighted by molar-refractivity contribution is 5.81. The minimum absolute atomic E-state index is 0.182. The normalized spacial score (nSPS) is 11.7. The summed E-state index contributed by atoms with van der Waals surface area (Å²) in [5.41, 5.74) is 5.96. The number of primary amides is 1. The molecule has 1 aromatic carbocycles. The van der Waals surface area contributed by atoms with Crippen molar-refractivity contribution in [2.75, 3.05) is 6.61 Å². The van der Waals surface area contributed by atoms with Crippen LogP contribution < -0.4 is 10.5 Å². The largest absolute Gasteiger partial charge is 0.494 e. The van der Waals surface area contributed by atoms with Gasteiger partial charge in [0, 0.05) is 6.42 Å². The number of ether oxygens (including phenoxy) is 2. The van der Waals surface area contributed by atoms with Crippen molar-refractivity contribution in [2.24, 2.45) is 5.73 Å². The van der Waals surface area contributed by atoms with Gasteiger partial charge in [-0.05, 0) is 31.9 Å². The molecule has 1 amide bonds. The van der Waals surface area contributed by atoms with E-state index in [1.807, 2.05) is 31.2 Å². The smallest absolute Gasteiger partial charge is 0.306 e. The zero-order valence-electron chi connectivity index (χ0n) is 11.2. The minimum Gasteiger partial charge on any atom is -0.494 e. The van der Waals surface area contributed by atoms with Crippen LogP contribution in [0.3, 0.4) is 0 Å². The molecule has 5 heteroatoms. The summed E-state index contributed by atoms with van der Waals surface area (Å²) in [5, 5.41) is 0. The molecule has 1 atom stereocenters. The molecule has 5 nitrogen and oxygen atoms in total. The number of carbonyl (C=O) groups is 2. The van der Waals surface area contributed by atoms with Crippen LogP contribution in [-0.2, 0) is 20.7 Å². The fraction of sp³-hybridized carbons (Fsp3) is 0.429. The molecule has 1 rings (SSSR count). The Bertz CT molecular complexity index is 445. The summed E-state index contributed by atoms with van der Waals surface area (Å²) in [6.07, 6.45) is -0.211. The van der Waals surface area contributed by atoms with Gasteiger partial charge in [0.2, 0.25) is 0 Å². The molecule has 104 valence electrons. The van der Waals surface area contributed by atoms with Gasteiger partial charge in [-0.15, -0.1) is 0 Å². The lowest BCUT2D eigenvalue weighted by Crippen LogP contribution is -2.30. The van der Waals surface area contributed by atoms with Crippen LogP contribution >= 0.6 is 0 Å². The zero-order valence-corrected chi connectivity index (χ0v) is 11.2. The molecule has 0 unspecified atom stereocenters. The van der Waals surface area contributed by atoms with Crippen LogP contribution in [0.1, 0.15) is 25.8 Å². The van der Waals surface area contributed by atoms with E-state index in [0.29, 0.717) is 13.0 Å². The van der Waals surface area contributed by atoms with Crippen LogP contribution in [0.2, 0.25) is 0 Å². The molecule has 0 aliphatic carbocycles. The van der Waals surface area contributed by atoms with Crippen LogP contribution in [0.25, 0.3) is 0 Å². The molecular weight excluding hydrogens is 246 g/mol. The highest BCUT2D eigenvalue weighted by Gasteiger charge is 2.14. The van der Waals surface area contributed by atoms with Crippen molar-refractivity contribution in [3.8, 4) is 5.75 Å². The number of para-hydroxylation sites is 1. The Balaban J connectivity index is 2.52. The molecule has 0 fully saturated rings. The summed E-state index contributed by atoms with van der Waals surface area (Å²) in [5.74, 6) is -0.332. The standard InChI is InChI=1S/C14H19NO4/c1-3-18-12-7-5-4-6-11(12)8-9-13(16)19-10(2)14(15)17/h4-7,10H,3,8-9H2,1-2H3,(H2,15,17)/t10-/m1/s1. The highest BCUT2D eigenvalue weighted by Crippen LogP contribution is 2.19. The third kappa shape index (κ3) is 4.99. The molecule has 1 aromatic rings. The van der Waals surface area contributed by atoms with E-state index >= 15 is 0 Å². The van der Waals surface area contributed by atoms with Crippen molar-refractivity contribution >= 4 is 11.9 Å². The number of amides is 1. The number of hydrogen-bond acceptors (Lipinski definition) is 4. The average molecular weight is 265 g/mol. The lowest BCUT2D eigenvalue weighted by Gasteiger charge is -2.11. The van der Waals surface area contributed by atoms with E-state index in [1.165, 1.54) is 6.92 Å². The van der Waals surface area contributed by atoms with Crippen LogP contribution in [-0.4, -0.2) is 24.6 Å². The summed E-state index contributed by atoms with van der Waals surface area (Å²) in [6, 6.07) is 7.52. The fourth-order valence-corrected chi connectivity index (χ4v) is 1.56. The van der Waals surface area contributed by atoms with Gasteiger partial charge >= 0.3 is 5.97 Å². The van der Waals surface area contributed by atoms with Crippen LogP contribution in [0.15, 0.2) is 24.3 Å². The van der Waals surface area contributed by atoms with Gasteiger partial charge in [0.1, 0.15) is 5.75 Å². The van der Waals surface area contributed by atoms with Gasteiger partial charge in [0.25, 0.3) is 5.91 Å². The molecular formula is C14H19NO4. The molecule has 0 spiro atoms. The van der Waals surface area contributed by atoms with Crippen molar-refractivity contribution in [3.63, 3.8) is 0 Å². The quantitative estimate of drug-likeness (QED) is 0.756. The monoisotopic (exact) mass is 265 g/mol. The van der Waals surface area contributed by atoms with Gasteiger partial charge in [0.15, 0.2) is 6.10 Å². The van der Waals surface area contributed by atoms with Gasteiger partial charge in [0.05, 0.1) is 6.61 Å². The maximum atomic E-state index is 11.5. The Kier molecular flexibility index (Phi) is 5.85. The molecule has 0 aliphatic rings. The first-order chi connectivity index (χ1) is 9.04. The summed E-state index contributed by atoms with van der Waals surface area (Å²) < 4.78 is 10.3. The average Bonchev–Trinajstić information content (AvgIpc) is 2.38. The Morgan fingerprint density at radius 3 is 2.63 bits per heavy atom. The number of hydrogen-bond donors (Lipinski definition) is 1. The molecule has 0 radical (unpaired) electrons. The maximum Gasteiger partial charge on any atom is 0.306 e. The Hall–Kier alpha value is -2.04. The number of esters is 1. The molecule has 0 heterocycles. The summed E-state index contributed by atoms with van der Waals surface area (Å²) >= 11 is 0. The molecule has 2 N–H and O–H groups in total. The van der Waals surface area contributed by atoms with Crippen molar-refractivity contribution in [1.82, 2.24) is 0 Å². The highest BCUT2D eigenvalue weighted by atomic mass is 16.5. The third-order valence-corrected chi connectivity index (χ3v) is 2.58. The fourth-order valence-electron chi connectivity index (χ4n) is 1.56. The molecule has 19 heavy (non-hydrogen) atoms. The molecule has 0 aromatic heterocycles. The number of rotatable bonds is 7. The lowest BCUT2D eigenvalue weighted by atomic mass is 10.1. The van der Waals surface area contributed by atoms with Gasteiger partial charge in [-0.25, -0.2) is 0 Å². The van der Waals surface area contributed by atoms with Crippen molar-refractivity contribution in [1.29, 1.82) is 0 Å². The van der Waals surface area contributed by atoms with Gasteiger partial charge in [-0.3, -0.25) is 9.59 Å². The molecule has 0 aliphatic heterocycles. The maximum absolute atomic E-state index is 11.5. The molecule has 0 saturated carbocycles. The number of nitrogens with two attached hydrogens (primary N) is 1. The Morgan fingerprint density at radius 1 is 1.32 bits per heavy atom. The lowest BCUT2D eigenvalue weighted by molar-refractivity contribution is -0.153. The van der Waals surface area contributed by atoms with Gasteiger partial charge in [-0.2, -0.15) is 0 Å². The van der Waals surface area contributed by atoms with Crippen LogP contribution in [0.5, 0.6) is 5.75 Å². The van der Waals surface area contributed by atoms with Crippen LogP contribution in [0, 0.1) is 0 Å². The summed E-state index contributed by atoms with van der Waals surface area (Å²) in [6.45, 7) is 3.92. The topological polar surface area (TPSA) is 78.6 Å². The number of aryl methyl sites for hydroxylation is 1. The first-order valence-electron chi connectivity index (χ1n) is 6.24. The molecule has 0 saturated heterocycles. The van der Waals surface area contributed by atoms with Gasteiger partial charge < -0.3 is 15.2 Å². The second-order valence-electron chi connectivity index (χ2n) is 4.08. The summed E-state index contributed by atoms with van der Waals surface area (Å²) in [4.78, 5) is 22.3. The van der Waals surface area contributed by atoms with E-state index in [1.54, 1.807) is 0 Å². The van der Waals surface area contributed by atoms with Crippen molar-refractivity contribution < 1.29 is 19.1 Å². The van der Waals surface area contributed by atoms with Crippen molar-refractivity contribution in [3.05, 3.63) is 29.8 Å². The first kappa shape index (κ1) is 15.0. The Morgan fingerprint density at radius 2 is 2.00 bits per heavy atom. The van der Waals surface area contributed by atoms with E-state index in [2.05, 4.69) is 0 Å². The minimum atomic E-state index is -0.894. The van der Waals surface area contributed by atoms with E-state index in [-0.39, 0.29) is 6.42 Å². The van der Waals surface area contributed by atoms with E-state index < -0.39 is 18.0 Å². The first-order valence-corrected chi connectivity index (χ1v) is 6.24. The Labute approximate surface area is 112 Å². The second kappa shape index (κ2) is 7.41. The third-order valence-electron chi connectivity index (χ3n) is 2.58. The summed E-state index contributed by atoms with van der Waals surface area (Å²) in [7, 11) is 0. The number of carbonyl (C=O) groups excluding carboxylic acids is 2. The van der Waals surface area contributed by atoms with Crippen LogP contribution in [0.4, 0.5) is 0 Å². The van der Waals surface area contributed by atoms with E-state index in [0.717, 1.165) is 11.3 Å². The predicted octanol–water partition coefficient (Wildman–Crippen LogP) is 1.43.